The van der Waals surface area contributed by atoms with Gasteiger partial charge in [0.1, 0.15) is 0 Å². The van der Waals surface area contributed by atoms with Gasteiger partial charge in [-0.3, -0.25) is 0 Å². The van der Waals surface area contributed by atoms with E-state index in [4.69, 9.17) is 16.3 Å². The van der Waals surface area contributed by atoms with Crippen molar-refractivity contribution in [2.75, 3.05) is 18.2 Å². The number of rotatable bonds is 5. The van der Waals surface area contributed by atoms with Gasteiger partial charge in [0.2, 0.25) is 11.2 Å². The van der Waals surface area contributed by atoms with Crippen molar-refractivity contribution >= 4 is 29.3 Å². The van der Waals surface area contributed by atoms with Gasteiger partial charge in [-0.25, -0.2) is 0 Å². The van der Waals surface area contributed by atoms with Gasteiger partial charge in [-0.1, -0.05) is 0 Å². The maximum Gasteiger partial charge on any atom is 0.322 e. The Kier molecular flexibility index (Phi) is 5.51. The molecule has 1 aromatic rings. The number of hydrogen-bond acceptors (Lipinski definition) is 6. The number of halogens is 1. The Morgan fingerprint density at radius 1 is 1.26 bits per heavy atom. The van der Waals surface area contributed by atoms with Crippen LogP contribution in [0.5, 0.6) is 6.01 Å². The highest BCUT2D eigenvalue weighted by Crippen LogP contribution is 2.28. The second kappa shape index (κ2) is 7.14. The molecule has 0 saturated heterocycles. The van der Waals surface area contributed by atoms with E-state index in [2.05, 4.69) is 26.5 Å². The summed E-state index contributed by atoms with van der Waals surface area (Å²) in [5, 5.41) is 4.29. The van der Waals surface area contributed by atoms with Gasteiger partial charge in [0.15, 0.2) is 0 Å². The molecule has 0 atom stereocenters. The number of anilines is 1. The molecule has 0 aromatic carbocycles. The van der Waals surface area contributed by atoms with E-state index in [1.54, 1.807) is 0 Å². The zero-order valence-electron chi connectivity index (χ0n) is 11.2. The monoisotopic (exact) mass is 302 g/mol. The largest absolute Gasteiger partial charge is 0.464 e. The second-order valence-electron chi connectivity index (χ2n) is 4.50. The molecule has 0 unspecified atom stereocenters. The molecule has 1 heterocycles. The van der Waals surface area contributed by atoms with Gasteiger partial charge in [0, 0.05) is 11.3 Å². The summed E-state index contributed by atoms with van der Waals surface area (Å²) in [6.07, 6.45) is 6.92. The van der Waals surface area contributed by atoms with E-state index in [0.29, 0.717) is 18.6 Å². The molecule has 2 rings (SSSR count). The van der Waals surface area contributed by atoms with Crippen LogP contribution >= 0.6 is 23.4 Å². The summed E-state index contributed by atoms with van der Waals surface area (Å²) in [6.45, 7) is 2.40. The topological polar surface area (TPSA) is 59.9 Å². The van der Waals surface area contributed by atoms with Crippen LogP contribution in [0.4, 0.5) is 5.95 Å². The Morgan fingerprint density at radius 2 is 2.00 bits per heavy atom. The zero-order chi connectivity index (χ0) is 13.7. The smallest absolute Gasteiger partial charge is 0.322 e. The summed E-state index contributed by atoms with van der Waals surface area (Å²) >= 11 is 7.82. The van der Waals surface area contributed by atoms with Crippen molar-refractivity contribution < 1.29 is 4.74 Å². The van der Waals surface area contributed by atoms with Crippen LogP contribution in [0.1, 0.15) is 32.6 Å². The van der Waals surface area contributed by atoms with Crippen molar-refractivity contribution in [1.29, 1.82) is 0 Å². The molecule has 1 fully saturated rings. The predicted molar refractivity (Wildman–Crippen MR) is 79.2 cm³/mol. The summed E-state index contributed by atoms with van der Waals surface area (Å²) < 4.78 is 5.26. The fraction of sp³-hybridized carbons (Fsp3) is 0.750. The third-order valence-corrected chi connectivity index (χ3v) is 4.51. The van der Waals surface area contributed by atoms with Gasteiger partial charge >= 0.3 is 6.01 Å². The molecule has 1 aliphatic carbocycles. The summed E-state index contributed by atoms with van der Waals surface area (Å²) in [6, 6.07) is 0.694. The molecule has 7 heteroatoms. The lowest BCUT2D eigenvalue weighted by Crippen LogP contribution is -2.28. The van der Waals surface area contributed by atoms with Crippen LogP contribution in [-0.4, -0.2) is 39.1 Å². The van der Waals surface area contributed by atoms with Gasteiger partial charge in [0.25, 0.3) is 0 Å². The predicted octanol–water partition coefficient (Wildman–Crippen LogP) is 3.01. The molecular formula is C12H19ClN4OS. The third-order valence-electron chi connectivity index (χ3n) is 3.20. The van der Waals surface area contributed by atoms with E-state index in [9.17, 15) is 0 Å². The average Bonchev–Trinajstić information content (AvgIpc) is 2.39. The standard InChI is InChI=1S/C12H19ClN4OS/c1-3-18-12-16-10(13)15-11(17-12)14-8-4-6-9(19-2)7-5-8/h8-9H,3-7H2,1-2H3,(H,14,15,16,17). The van der Waals surface area contributed by atoms with Crippen molar-refractivity contribution in [3.8, 4) is 6.01 Å². The lowest BCUT2D eigenvalue weighted by atomic mass is 9.95. The Hall–Kier alpha value is -0.750. The highest BCUT2D eigenvalue weighted by Gasteiger charge is 2.21. The average molecular weight is 303 g/mol. The SMILES string of the molecule is CCOc1nc(Cl)nc(NC2CCC(SC)CC2)n1. The quantitative estimate of drug-likeness (QED) is 0.902. The highest BCUT2D eigenvalue weighted by molar-refractivity contribution is 7.99. The number of hydrogen-bond donors (Lipinski definition) is 1. The zero-order valence-corrected chi connectivity index (χ0v) is 12.8. The van der Waals surface area contributed by atoms with Crippen molar-refractivity contribution in [2.24, 2.45) is 0 Å². The summed E-state index contributed by atoms with van der Waals surface area (Å²) in [7, 11) is 0. The molecule has 0 spiro atoms. The van der Waals surface area contributed by atoms with E-state index < -0.39 is 0 Å². The maximum absolute atomic E-state index is 5.86. The molecular weight excluding hydrogens is 284 g/mol. The van der Waals surface area contributed by atoms with Crippen LogP contribution in [0.2, 0.25) is 5.28 Å². The molecule has 1 N–H and O–H groups in total. The molecule has 0 radical (unpaired) electrons. The first-order valence-electron chi connectivity index (χ1n) is 6.55. The second-order valence-corrected chi connectivity index (χ2v) is 5.97. The van der Waals surface area contributed by atoms with Crippen LogP contribution in [0, 0.1) is 0 Å². The first kappa shape index (κ1) is 14.7. The molecule has 19 heavy (non-hydrogen) atoms. The Morgan fingerprint density at radius 3 is 2.63 bits per heavy atom. The number of nitrogens with one attached hydrogen (secondary N) is 1. The maximum atomic E-state index is 5.86. The van der Waals surface area contributed by atoms with Crippen LogP contribution in [-0.2, 0) is 0 Å². The molecule has 0 amide bonds. The minimum Gasteiger partial charge on any atom is -0.464 e. The number of aromatic nitrogens is 3. The first-order valence-corrected chi connectivity index (χ1v) is 8.21. The fourth-order valence-electron chi connectivity index (χ4n) is 2.22. The first-order chi connectivity index (χ1) is 9.21. The Labute approximate surface area is 122 Å². The molecule has 0 aliphatic heterocycles. The third kappa shape index (κ3) is 4.38. The highest BCUT2D eigenvalue weighted by atomic mass is 35.5. The van der Waals surface area contributed by atoms with Crippen LogP contribution < -0.4 is 10.1 Å². The van der Waals surface area contributed by atoms with Gasteiger partial charge in [-0.05, 0) is 50.5 Å². The van der Waals surface area contributed by atoms with E-state index in [1.165, 1.54) is 12.8 Å². The number of thioether (sulfide) groups is 1. The van der Waals surface area contributed by atoms with Gasteiger partial charge < -0.3 is 10.1 Å². The number of ether oxygens (including phenoxy) is 1. The normalized spacial score (nSPS) is 23.1. The molecule has 1 saturated carbocycles. The van der Waals surface area contributed by atoms with Gasteiger partial charge in [-0.15, -0.1) is 0 Å². The van der Waals surface area contributed by atoms with Gasteiger partial charge in [0.05, 0.1) is 6.61 Å². The van der Waals surface area contributed by atoms with E-state index >= 15 is 0 Å². The lowest BCUT2D eigenvalue weighted by molar-refractivity contribution is 0.311. The summed E-state index contributed by atoms with van der Waals surface area (Å²) in [5.74, 6) is 0.510. The number of nitrogens with zero attached hydrogens (tertiary/aromatic N) is 3. The van der Waals surface area contributed by atoms with E-state index in [-0.39, 0.29) is 11.3 Å². The van der Waals surface area contributed by atoms with Crippen LogP contribution in [0.25, 0.3) is 0 Å². The Balaban J connectivity index is 1.95. The molecule has 106 valence electrons. The van der Waals surface area contributed by atoms with Crippen LogP contribution in [0.15, 0.2) is 0 Å². The van der Waals surface area contributed by atoms with E-state index in [0.717, 1.165) is 18.1 Å². The fourth-order valence-corrected chi connectivity index (χ4v) is 3.11. The molecule has 5 nitrogen and oxygen atoms in total. The lowest BCUT2D eigenvalue weighted by Gasteiger charge is -2.27. The van der Waals surface area contributed by atoms with Gasteiger partial charge in [-0.2, -0.15) is 26.7 Å². The molecule has 0 bridgehead atoms. The molecule has 1 aliphatic rings. The van der Waals surface area contributed by atoms with Crippen molar-refractivity contribution in [2.45, 2.75) is 43.9 Å². The van der Waals surface area contributed by atoms with Crippen molar-refractivity contribution in [3.63, 3.8) is 0 Å². The Bertz CT molecular complexity index is 413. The van der Waals surface area contributed by atoms with Crippen molar-refractivity contribution in [1.82, 2.24) is 15.0 Å². The van der Waals surface area contributed by atoms with Crippen LogP contribution in [0.3, 0.4) is 0 Å². The minimum absolute atomic E-state index is 0.166. The minimum atomic E-state index is 0.166. The van der Waals surface area contributed by atoms with Crippen molar-refractivity contribution in [3.05, 3.63) is 5.28 Å². The summed E-state index contributed by atoms with van der Waals surface area (Å²) in [4.78, 5) is 12.2. The molecule has 1 aromatic heterocycles. The van der Waals surface area contributed by atoms with E-state index in [1.807, 2.05) is 18.7 Å². The summed E-state index contributed by atoms with van der Waals surface area (Å²) in [5.41, 5.74) is 0.